The van der Waals surface area contributed by atoms with Crippen LogP contribution in [-0.2, 0) is 9.59 Å². The van der Waals surface area contributed by atoms with Crippen LogP contribution >= 0.6 is 11.6 Å². The molecule has 0 radical (unpaired) electrons. The lowest BCUT2D eigenvalue weighted by Gasteiger charge is -2.18. The number of nitrogens with zero attached hydrogens (tertiary/aromatic N) is 1. The highest BCUT2D eigenvalue weighted by Gasteiger charge is 2.25. The third kappa shape index (κ3) is 4.11. The first-order valence-corrected chi connectivity index (χ1v) is 10.6. The Bertz CT molecular complexity index is 1480. The van der Waals surface area contributed by atoms with Crippen molar-refractivity contribution in [3.05, 3.63) is 94.1 Å². The molecule has 1 aromatic heterocycles. The molecule has 0 saturated carbocycles. The minimum Gasteiger partial charge on any atom is -0.488 e. The molecule has 34 heavy (non-hydrogen) atoms. The Hall–Kier alpha value is -4.17. The maximum absolute atomic E-state index is 14.9. The number of oxazole rings is 1. The summed E-state index contributed by atoms with van der Waals surface area (Å²) in [5.41, 5.74) is 2.52. The van der Waals surface area contributed by atoms with E-state index in [0.29, 0.717) is 38.6 Å². The van der Waals surface area contributed by atoms with Crippen molar-refractivity contribution in [2.75, 3.05) is 11.9 Å². The molecule has 4 aromatic rings. The number of ether oxygens (including phenoxy) is 1. The first kappa shape index (κ1) is 21.7. The fourth-order valence-electron chi connectivity index (χ4n) is 3.83. The van der Waals surface area contributed by atoms with E-state index in [2.05, 4.69) is 10.3 Å². The summed E-state index contributed by atoms with van der Waals surface area (Å²) >= 11 is 6.00. The molecule has 1 aliphatic rings. The molecule has 2 heterocycles. The standard InChI is InChI=1S/C25H16ClFN2O5/c26-17-3-6-21-15(8-17)7-16(11-33-21)24(30)29-19-4-1-13(9-18(19)27)23(25(31)32)14-2-5-22-20(10-14)28-12-34-22/h1-10,12,23H,11H2,(H,29,30)(H,31,32). The van der Waals surface area contributed by atoms with Crippen LogP contribution in [0.5, 0.6) is 5.75 Å². The molecule has 3 aromatic carbocycles. The van der Waals surface area contributed by atoms with Gasteiger partial charge in [-0.1, -0.05) is 23.7 Å². The fourth-order valence-corrected chi connectivity index (χ4v) is 4.01. The number of carbonyl (C=O) groups excluding carboxylic acids is 1. The van der Waals surface area contributed by atoms with E-state index in [-0.39, 0.29) is 17.9 Å². The Kier molecular flexibility index (Phi) is 5.51. The topological polar surface area (TPSA) is 102 Å². The Morgan fingerprint density at radius 3 is 2.68 bits per heavy atom. The van der Waals surface area contributed by atoms with Crippen molar-refractivity contribution < 1.29 is 28.2 Å². The van der Waals surface area contributed by atoms with Gasteiger partial charge in [0, 0.05) is 10.6 Å². The van der Waals surface area contributed by atoms with Gasteiger partial charge in [0.05, 0.1) is 11.3 Å². The van der Waals surface area contributed by atoms with Crippen molar-refractivity contribution in [1.29, 1.82) is 0 Å². The number of aliphatic carboxylic acids is 1. The molecule has 1 amide bonds. The van der Waals surface area contributed by atoms with Gasteiger partial charge in [0.25, 0.3) is 5.91 Å². The average molecular weight is 479 g/mol. The maximum Gasteiger partial charge on any atom is 0.315 e. The van der Waals surface area contributed by atoms with E-state index in [9.17, 15) is 19.1 Å². The summed E-state index contributed by atoms with van der Waals surface area (Å²) in [5.74, 6) is -2.99. The predicted molar refractivity (Wildman–Crippen MR) is 123 cm³/mol. The molecule has 170 valence electrons. The number of carboxylic acids is 1. The third-order valence-corrected chi connectivity index (χ3v) is 5.72. The van der Waals surface area contributed by atoms with Crippen LogP contribution in [0.25, 0.3) is 17.2 Å². The molecule has 1 aliphatic heterocycles. The Morgan fingerprint density at radius 1 is 1.09 bits per heavy atom. The Balaban J connectivity index is 1.39. The quantitative estimate of drug-likeness (QED) is 0.406. The maximum atomic E-state index is 14.9. The molecule has 9 heteroatoms. The van der Waals surface area contributed by atoms with Crippen LogP contribution in [0.2, 0.25) is 5.02 Å². The van der Waals surface area contributed by atoms with Crippen LogP contribution in [0.15, 0.2) is 71.0 Å². The Labute approximate surface area is 197 Å². The number of hydrogen-bond acceptors (Lipinski definition) is 5. The zero-order chi connectivity index (χ0) is 23.8. The van der Waals surface area contributed by atoms with Gasteiger partial charge < -0.3 is 19.6 Å². The van der Waals surface area contributed by atoms with Crippen molar-refractivity contribution in [3.63, 3.8) is 0 Å². The van der Waals surface area contributed by atoms with E-state index >= 15 is 0 Å². The summed E-state index contributed by atoms with van der Waals surface area (Å²) in [5, 5.41) is 12.8. The molecule has 0 bridgehead atoms. The molecule has 7 nitrogen and oxygen atoms in total. The lowest BCUT2D eigenvalue weighted by Crippen LogP contribution is -2.22. The van der Waals surface area contributed by atoms with E-state index in [0.717, 1.165) is 6.07 Å². The van der Waals surface area contributed by atoms with Crippen molar-refractivity contribution in [1.82, 2.24) is 4.98 Å². The van der Waals surface area contributed by atoms with Gasteiger partial charge in [0.2, 0.25) is 0 Å². The number of nitrogens with one attached hydrogen (secondary N) is 1. The second-order valence-corrected chi connectivity index (χ2v) is 8.12. The number of benzene rings is 3. The summed E-state index contributed by atoms with van der Waals surface area (Å²) in [6.07, 6.45) is 2.90. The predicted octanol–water partition coefficient (Wildman–Crippen LogP) is 5.25. The fraction of sp³-hybridized carbons (Fsp3) is 0.0800. The van der Waals surface area contributed by atoms with Gasteiger partial charge in [0.15, 0.2) is 12.0 Å². The van der Waals surface area contributed by atoms with Gasteiger partial charge >= 0.3 is 5.97 Å². The largest absolute Gasteiger partial charge is 0.488 e. The smallest absolute Gasteiger partial charge is 0.315 e. The van der Waals surface area contributed by atoms with Crippen LogP contribution in [0.4, 0.5) is 10.1 Å². The van der Waals surface area contributed by atoms with Crippen LogP contribution in [0.3, 0.4) is 0 Å². The molecule has 1 atom stereocenters. The summed E-state index contributed by atoms with van der Waals surface area (Å²) in [6.45, 7) is 0.0196. The lowest BCUT2D eigenvalue weighted by atomic mass is 9.91. The zero-order valence-corrected chi connectivity index (χ0v) is 18.2. The summed E-state index contributed by atoms with van der Waals surface area (Å²) < 4.78 is 25.7. The second-order valence-electron chi connectivity index (χ2n) is 7.68. The van der Waals surface area contributed by atoms with Crippen LogP contribution in [0.1, 0.15) is 22.6 Å². The van der Waals surface area contributed by atoms with Crippen molar-refractivity contribution >= 4 is 46.3 Å². The van der Waals surface area contributed by atoms with E-state index in [4.69, 9.17) is 20.8 Å². The third-order valence-electron chi connectivity index (χ3n) is 5.49. The van der Waals surface area contributed by atoms with E-state index in [1.54, 1.807) is 42.5 Å². The average Bonchev–Trinajstić information content (AvgIpc) is 3.28. The summed E-state index contributed by atoms with van der Waals surface area (Å²) in [4.78, 5) is 28.7. The zero-order valence-electron chi connectivity index (χ0n) is 17.4. The number of halogens is 2. The van der Waals surface area contributed by atoms with Crippen LogP contribution < -0.4 is 10.1 Å². The number of hydrogen-bond donors (Lipinski definition) is 2. The normalized spacial score (nSPS) is 13.5. The molecule has 5 rings (SSSR count). The highest BCUT2D eigenvalue weighted by molar-refractivity contribution is 6.30. The molecule has 2 N–H and O–H groups in total. The summed E-state index contributed by atoms with van der Waals surface area (Å²) in [7, 11) is 0. The van der Waals surface area contributed by atoms with Gasteiger partial charge in [-0.05, 0) is 59.7 Å². The Morgan fingerprint density at radius 2 is 1.88 bits per heavy atom. The SMILES string of the molecule is O=C(Nc1ccc(C(C(=O)O)c2ccc3ocnc3c2)cc1F)C1=Cc2cc(Cl)ccc2OC1. The lowest BCUT2D eigenvalue weighted by molar-refractivity contribution is -0.137. The highest BCUT2D eigenvalue weighted by Crippen LogP contribution is 2.31. The van der Waals surface area contributed by atoms with Crippen LogP contribution in [0, 0.1) is 5.82 Å². The highest BCUT2D eigenvalue weighted by atomic mass is 35.5. The number of carboxylic acid groups (broad SMARTS) is 1. The molecule has 1 unspecified atom stereocenters. The van der Waals surface area contributed by atoms with Gasteiger partial charge in [-0.2, -0.15) is 0 Å². The van der Waals surface area contributed by atoms with E-state index < -0.39 is 23.6 Å². The van der Waals surface area contributed by atoms with Gasteiger partial charge in [0.1, 0.15) is 29.6 Å². The molecular formula is C25H16ClFN2O5. The number of fused-ring (bicyclic) bond motifs is 2. The van der Waals surface area contributed by atoms with Crippen molar-refractivity contribution in [3.8, 4) is 5.75 Å². The monoisotopic (exact) mass is 478 g/mol. The minimum absolute atomic E-state index is 0.0196. The first-order chi connectivity index (χ1) is 16.4. The molecule has 0 fully saturated rings. The molecule has 0 spiro atoms. The molecule has 0 aliphatic carbocycles. The van der Waals surface area contributed by atoms with Gasteiger partial charge in [-0.3, -0.25) is 9.59 Å². The van der Waals surface area contributed by atoms with Gasteiger partial charge in [-0.25, -0.2) is 9.37 Å². The number of amides is 1. The minimum atomic E-state index is -1.15. The summed E-state index contributed by atoms with van der Waals surface area (Å²) in [6, 6.07) is 13.8. The van der Waals surface area contributed by atoms with Crippen molar-refractivity contribution in [2.45, 2.75) is 5.92 Å². The second kappa shape index (κ2) is 8.64. The van der Waals surface area contributed by atoms with E-state index in [1.807, 2.05) is 0 Å². The molecular weight excluding hydrogens is 463 g/mol. The van der Waals surface area contributed by atoms with E-state index in [1.165, 1.54) is 18.5 Å². The molecule has 0 saturated heterocycles. The number of anilines is 1. The number of carbonyl (C=O) groups is 2. The van der Waals surface area contributed by atoms with Gasteiger partial charge in [-0.15, -0.1) is 0 Å². The first-order valence-electron chi connectivity index (χ1n) is 10.2. The van der Waals surface area contributed by atoms with Crippen molar-refractivity contribution in [2.24, 2.45) is 0 Å². The number of aromatic nitrogens is 1. The van der Waals surface area contributed by atoms with Crippen LogP contribution in [-0.4, -0.2) is 28.6 Å². The number of rotatable bonds is 5.